The van der Waals surface area contributed by atoms with Crippen LogP contribution in [0.25, 0.3) is 0 Å². The van der Waals surface area contributed by atoms with Crippen molar-refractivity contribution in [1.29, 1.82) is 0 Å². The molecule has 0 aliphatic heterocycles. The number of nitrogens with zero attached hydrogens (tertiary/aromatic N) is 2. The van der Waals surface area contributed by atoms with Gasteiger partial charge in [0.2, 0.25) is 0 Å². The maximum Gasteiger partial charge on any atom is 0.257 e. The maximum absolute atomic E-state index is 12.2. The summed E-state index contributed by atoms with van der Waals surface area (Å²) in [4.78, 5) is 17.5. The van der Waals surface area contributed by atoms with Crippen molar-refractivity contribution in [2.75, 3.05) is 14.1 Å². The van der Waals surface area contributed by atoms with E-state index in [1.807, 2.05) is 13.8 Å². The first-order valence-electron chi connectivity index (χ1n) is 5.86. The Morgan fingerprint density at radius 2 is 2.00 bits per heavy atom. The second kappa shape index (κ2) is 7.79. The van der Waals surface area contributed by atoms with Crippen LogP contribution in [0.15, 0.2) is 41.3 Å². The largest absolute Gasteiger partial charge is 0.459 e. The molecule has 0 aliphatic rings. The van der Waals surface area contributed by atoms with Gasteiger partial charge in [-0.3, -0.25) is 9.79 Å². The molecule has 4 nitrogen and oxygen atoms in total. The highest BCUT2D eigenvalue weighted by atomic mass is 35.5. The van der Waals surface area contributed by atoms with Gasteiger partial charge in [0.05, 0.1) is 5.57 Å². The predicted molar refractivity (Wildman–Crippen MR) is 80.2 cm³/mol. The van der Waals surface area contributed by atoms with E-state index in [1.165, 1.54) is 13.1 Å². The number of ether oxygens (including phenoxy) is 1. The van der Waals surface area contributed by atoms with E-state index in [4.69, 9.17) is 16.3 Å². The molecule has 0 rings (SSSR count). The van der Waals surface area contributed by atoms with Gasteiger partial charge in [-0.1, -0.05) is 30.8 Å². The molecule has 106 valence electrons. The predicted octanol–water partition coefficient (Wildman–Crippen LogP) is 3.11. The lowest BCUT2D eigenvalue weighted by molar-refractivity contribution is -0.127. The van der Waals surface area contributed by atoms with E-state index in [0.29, 0.717) is 11.3 Å². The van der Waals surface area contributed by atoms with Crippen LogP contribution in [0.3, 0.4) is 0 Å². The van der Waals surface area contributed by atoms with Crippen molar-refractivity contribution in [1.82, 2.24) is 4.90 Å². The van der Waals surface area contributed by atoms with E-state index in [0.717, 1.165) is 0 Å². The lowest BCUT2D eigenvalue weighted by atomic mass is 10.2. The number of likely N-dealkylation sites (N-methyl/N-ethyl adjacent to an activating group) is 1. The van der Waals surface area contributed by atoms with Crippen molar-refractivity contribution in [2.45, 2.75) is 26.8 Å². The summed E-state index contributed by atoms with van der Waals surface area (Å²) in [5, 5.41) is 0.160. The van der Waals surface area contributed by atoms with Gasteiger partial charge >= 0.3 is 0 Å². The van der Waals surface area contributed by atoms with Gasteiger partial charge in [0.1, 0.15) is 5.76 Å². The third-order valence-corrected chi connectivity index (χ3v) is 2.99. The van der Waals surface area contributed by atoms with Gasteiger partial charge in [0, 0.05) is 20.1 Å². The average molecular weight is 285 g/mol. The van der Waals surface area contributed by atoms with Crippen molar-refractivity contribution in [2.24, 2.45) is 4.99 Å². The number of allylic oxidation sites excluding steroid dienone is 2. The summed E-state index contributed by atoms with van der Waals surface area (Å²) in [5.41, 5.74) is 0.373. The van der Waals surface area contributed by atoms with Gasteiger partial charge < -0.3 is 9.64 Å². The molecule has 0 aromatic rings. The van der Waals surface area contributed by atoms with Gasteiger partial charge in [-0.25, -0.2) is 0 Å². The number of carbonyl (C=O) groups is 1. The zero-order chi connectivity index (χ0) is 15.2. The van der Waals surface area contributed by atoms with Gasteiger partial charge in [0.15, 0.2) is 10.9 Å². The van der Waals surface area contributed by atoms with Crippen LogP contribution < -0.4 is 0 Å². The Kier molecular flexibility index (Phi) is 7.16. The first-order valence-corrected chi connectivity index (χ1v) is 6.23. The Bertz CT molecular complexity index is 437. The van der Waals surface area contributed by atoms with E-state index in [-0.39, 0.29) is 22.9 Å². The van der Waals surface area contributed by atoms with Crippen LogP contribution in [0.1, 0.15) is 20.8 Å². The number of aliphatic imine (C=N–C) groups is 1. The summed E-state index contributed by atoms with van der Waals surface area (Å²) in [6, 6.07) is 0.0826. The summed E-state index contributed by atoms with van der Waals surface area (Å²) in [5.74, 6) is 0.417. The van der Waals surface area contributed by atoms with Crippen LogP contribution in [0.4, 0.5) is 0 Å². The Labute approximate surface area is 120 Å². The standard InChI is InChI=1S/C14H21ClN2O2/c1-8-12(14(18)17(7)9(2)3)10(4)19-11(5)13(15)16-6/h8-9H,1,5H2,2-4,6-7H3/b12-10-,16-13?. The van der Waals surface area contributed by atoms with Gasteiger partial charge in [-0.2, -0.15) is 0 Å². The van der Waals surface area contributed by atoms with Crippen molar-refractivity contribution < 1.29 is 9.53 Å². The lowest BCUT2D eigenvalue weighted by Gasteiger charge is -2.22. The topological polar surface area (TPSA) is 41.9 Å². The first-order chi connectivity index (χ1) is 8.76. The summed E-state index contributed by atoms with van der Waals surface area (Å²) in [6.07, 6.45) is 1.46. The third-order valence-electron chi connectivity index (χ3n) is 2.61. The molecule has 0 bridgehead atoms. The molecule has 0 aliphatic carbocycles. The van der Waals surface area contributed by atoms with E-state index in [2.05, 4.69) is 18.2 Å². The highest BCUT2D eigenvalue weighted by Gasteiger charge is 2.18. The third kappa shape index (κ3) is 4.91. The fraction of sp³-hybridized carbons (Fsp3) is 0.429. The van der Waals surface area contributed by atoms with Gasteiger partial charge in [-0.15, -0.1) is 0 Å². The quantitative estimate of drug-likeness (QED) is 0.325. The van der Waals surface area contributed by atoms with E-state index < -0.39 is 0 Å². The molecule has 0 saturated carbocycles. The highest BCUT2D eigenvalue weighted by Crippen LogP contribution is 2.16. The fourth-order valence-corrected chi connectivity index (χ4v) is 1.25. The molecule has 5 heteroatoms. The van der Waals surface area contributed by atoms with Crippen LogP contribution in [-0.4, -0.2) is 36.1 Å². The molecule has 0 saturated heterocycles. The minimum atomic E-state index is -0.167. The molecule has 0 unspecified atom stereocenters. The minimum Gasteiger partial charge on any atom is -0.459 e. The first kappa shape index (κ1) is 17.4. The molecule has 0 N–H and O–H groups in total. The number of hydrogen-bond acceptors (Lipinski definition) is 3. The zero-order valence-corrected chi connectivity index (χ0v) is 12.9. The zero-order valence-electron chi connectivity index (χ0n) is 12.2. The van der Waals surface area contributed by atoms with Crippen LogP contribution in [0.5, 0.6) is 0 Å². The van der Waals surface area contributed by atoms with Gasteiger partial charge in [-0.05, 0) is 20.8 Å². The summed E-state index contributed by atoms with van der Waals surface area (Å²) >= 11 is 5.78. The van der Waals surface area contributed by atoms with E-state index in [9.17, 15) is 4.79 Å². The van der Waals surface area contributed by atoms with E-state index >= 15 is 0 Å². The molecule has 0 radical (unpaired) electrons. The maximum atomic E-state index is 12.2. The second-order valence-electron chi connectivity index (χ2n) is 4.22. The van der Waals surface area contributed by atoms with Crippen LogP contribution in [-0.2, 0) is 9.53 Å². The Morgan fingerprint density at radius 3 is 2.37 bits per heavy atom. The van der Waals surface area contributed by atoms with Crippen LogP contribution in [0, 0.1) is 0 Å². The van der Waals surface area contributed by atoms with Gasteiger partial charge in [0.25, 0.3) is 5.91 Å². The number of rotatable bonds is 6. The van der Waals surface area contributed by atoms with Crippen molar-refractivity contribution >= 4 is 22.7 Å². The molecular formula is C14H21ClN2O2. The number of carbonyl (C=O) groups excluding carboxylic acids is 1. The number of hydrogen-bond donors (Lipinski definition) is 0. The monoisotopic (exact) mass is 284 g/mol. The molecule has 19 heavy (non-hydrogen) atoms. The van der Waals surface area contributed by atoms with Crippen LogP contribution >= 0.6 is 11.6 Å². The number of halogens is 1. The Hall–Kier alpha value is -1.55. The second-order valence-corrected chi connectivity index (χ2v) is 4.58. The summed E-state index contributed by atoms with van der Waals surface area (Å²) in [7, 11) is 3.25. The van der Waals surface area contributed by atoms with Crippen molar-refractivity contribution in [3.8, 4) is 0 Å². The lowest BCUT2D eigenvalue weighted by Crippen LogP contribution is -2.34. The molecule has 0 fully saturated rings. The Balaban J connectivity index is 5.21. The molecule has 0 atom stereocenters. The SMILES string of the molecule is C=C/C(C(=O)N(C)C(C)C)=C(\C)OC(=C)C(Cl)=NC. The van der Waals surface area contributed by atoms with Crippen molar-refractivity contribution in [3.63, 3.8) is 0 Å². The number of amides is 1. The molecule has 0 heterocycles. The summed E-state index contributed by atoms with van der Waals surface area (Å²) in [6.45, 7) is 12.8. The summed E-state index contributed by atoms with van der Waals surface area (Å²) < 4.78 is 5.41. The smallest absolute Gasteiger partial charge is 0.257 e. The fourth-order valence-electron chi connectivity index (χ4n) is 1.21. The molecule has 1 amide bonds. The minimum absolute atomic E-state index is 0.0826. The average Bonchev–Trinajstić information content (AvgIpc) is 2.36. The normalized spacial score (nSPS) is 12.9. The molecule has 0 aromatic carbocycles. The van der Waals surface area contributed by atoms with Crippen LogP contribution in [0.2, 0.25) is 0 Å². The Morgan fingerprint density at radius 1 is 1.47 bits per heavy atom. The molecule has 0 spiro atoms. The molecular weight excluding hydrogens is 264 g/mol. The van der Waals surface area contributed by atoms with E-state index in [1.54, 1.807) is 18.9 Å². The molecule has 0 aromatic heterocycles. The van der Waals surface area contributed by atoms with Crippen molar-refractivity contribution in [3.05, 3.63) is 36.3 Å². The highest BCUT2D eigenvalue weighted by molar-refractivity contribution is 6.69.